The molecule has 0 radical (unpaired) electrons. The molecule has 0 aliphatic heterocycles. The molecule has 0 spiro atoms. The van der Waals surface area contributed by atoms with Gasteiger partial charge in [-0.05, 0) is 34.5 Å². The van der Waals surface area contributed by atoms with Crippen LogP contribution in [-0.2, 0) is 0 Å². The number of halogens is 1. The third kappa shape index (κ3) is 1.75. The highest BCUT2D eigenvalue weighted by Crippen LogP contribution is 2.24. The molecule has 80 valence electrons. The summed E-state index contributed by atoms with van der Waals surface area (Å²) in [6.07, 6.45) is 0. The van der Waals surface area contributed by atoms with E-state index in [0.29, 0.717) is 16.3 Å². The molecular formula is C11H6ClNO3. The van der Waals surface area contributed by atoms with Gasteiger partial charge in [0, 0.05) is 17.7 Å². The van der Waals surface area contributed by atoms with E-state index in [2.05, 4.69) is 0 Å². The normalized spacial score (nSPS) is 10.3. The van der Waals surface area contributed by atoms with Crippen molar-refractivity contribution < 1.29 is 9.72 Å². The van der Waals surface area contributed by atoms with Gasteiger partial charge in [0.2, 0.25) is 0 Å². The highest BCUT2D eigenvalue weighted by Gasteiger charge is 2.10. The van der Waals surface area contributed by atoms with E-state index in [1.54, 1.807) is 18.2 Å². The fourth-order valence-corrected chi connectivity index (χ4v) is 1.72. The molecule has 0 aliphatic rings. The smallest absolute Gasteiger partial charge is 0.270 e. The van der Waals surface area contributed by atoms with Crippen molar-refractivity contribution in [2.45, 2.75) is 0 Å². The van der Waals surface area contributed by atoms with E-state index in [0.717, 1.165) is 0 Å². The Bertz CT molecular complexity index is 595. The van der Waals surface area contributed by atoms with Gasteiger partial charge in [-0.1, -0.05) is 12.1 Å². The number of nitro benzene ring substituents is 1. The van der Waals surface area contributed by atoms with Crippen LogP contribution in [0.25, 0.3) is 10.8 Å². The first-order chi connectivity index (χ1) is 7.59. The molecule has 0 amide bonds. The van der Waals surface area contributed by atoms with Crippen LogP contribution in [-0.4, -0.2) is 10.2 Å². The zero-order chi connectivity index (χ0) is 11.7. The lowest BCUT2D eigenvalue weighted by Crippen LogP contribution is -1.92. The van der Waals surface area contributed by atoms with Gasteiger partial charge in [0.25, 0.3) is 10.9 Å². The van der Waals surface area contributed by atoms with E-state index in [4.69, 9.17) is 11.6 Å². The maximum atomic E-state index is 11.1. The Hall–Kier alpha value is -1.94. The third-order valence-electron chi connectivity index (χ3n) is 2.29. The number of hydrogen-bond acceptors (Lipinski definition) is 3. The van der Waals surface area contributed by atoms with Crippen molar-refractivity contribution >= 4 is 33.3 Å². The Labute approximate surface area is 95.6 Å². The minimum absolute atomic E-state index is 0.00771. The second-order valence-electron chi connectivity index (χ2n) is 3.24. The Balaban J connectivity index is 2.73. The van der Waals surface area contributed by atoms with Crippen LogP contribution < -0.4 is 0 Å². The first-order valence-corrected chi connectivity index (χ1v) is 4.84. The molecule has 0 bridgehead atoms. The molecule has 0 atom stereocenters. The molecule has 0 heterocycles. The van der Waals surface area contributed by atoms with Crippen molar-refractivity contribution in [3.05, 3.63) is 52.1 Å². The average Bonchev–Trinajstić information content (AvgIpc) is 2.27. The van der Waals surface area contributed by atoms with E-state index in [9.17, 15) is 14.9 Å². The van der Waals surface area contributed by atoms with Crippen molar-refractivity contribution in [3.63, 3.8) is 0 Å². The average molecular weight is 236 g/mol. The first kappa shape index (κ1) is 10.6. The fraction of sp³-hybridized carbons (Fsp3) is 0. The Kier molecular flexibility index (Phi) is 2.58. The number of carbonyl (C=O) groups is 1. The number of carbonyl (C=O) groups excluding carboxylic acids is 1. The summed E-state index contributed by atoms with van der Waals surface area (Å²) in [6, 6.07) is 9.23. The van der Waals surface area contributed by atoms with Gasteiger partial charge in [-0.2, -0.15) is 0 Å². The second-order valence-corrected chi connectivity index (χ2v) is 3.59. The number of fused-ring (bicyclic) bond motifs is 1. The van der Waals surface area contributed by atoms with Crippen LogP contribution in [0.5, 0.6) is 0 Å². The van der Waals surface area contributed by atoms with Crippen molar-refractivity contribution in [1.29, 1.82) is 0 Å². The highest BCUT2D eigenvalue weighted by molar-refractivity contribution is 6.68. The fourth-order valence-electron chi connectivity index (χ4n) is 1.56. The van der Waals surface area contributed by atoms with Crippen molar-refractivity contribution in [2.75, 3.05) is 0 Å². The summed E-state index contributed by atoms with van der Waals surface area (Å²) >= 11 is 5.41. The Morgan fingerprint density at radius 1 is 1.25 bits per heavy atom. The van der Waals surface area contributed by atoms with Crippen molar-refractivity contribution in [3.8, 4) is 0 Å². The van der Waals surface area contributed by atoms with E-state index < -0.39 is 10.2 Å². The number of benzene rings is 2. The SMILES string of the molecule is O=C(Cl)c1cccc2cc([N+](=O)[O-])ccc12. The van der Waals surface area contributed by atoms with Gasteiger partial charge in [0.1, 0.15) is 0 Å². The van der Waals surface area contributed by atoms with Gasteiger partial charge >= 0.3 is 0 Å². The number of nitro groups is 1. The Morgan fingerprint density at radius 3 is 2.62 bits per heavy atom. The summed E-state index contributed by atoms with van der Waals surface area (Å²) in [4.78, 5) is 21.2. The molecule has 0 saturated heterocycles. The summed E-state index contributed by atoms with van der Waals surface area (Å²) < 4.78 is 0. The molecule has 0 saturated carbocycles. The van der Waals surface area contributed by atoms with Gasteiger partial charge in [0.05, 0.1) is 4.92 Å². The van der Waals surface area contributed by atoms with E-state index >= 15 is 0 Å². The molecule has 0 fully saturated rings. The van der Waals surface area contributed by atoms with Crippen LogP contribution in [0, 0.1) is 10.1 Å². The predicted molar refractivity (Wildman–Crippen MR) is 60.8 cm³/mol. The summed E-state index contributed by atoms with van der Waals surface area (Å²) in [5.74, 6) is 0. The standard InChI is InChI=1S/C11H6ClNO3/c12-11(14)10-3-1-2-7-6-8(13(15)16)4-5-9(7)10/h1-6H. The maximum Gasteiger partial charge on any atom is 0.270 e. The van der Waals surface area contributed by atoms with E-state index in [-0.39, 0.29) is 5.69 Å². The lowest BCUT2D eigenvalue weighted by atomic mass is 10.0. The van der Waals surface area contributed by atoms with Gasteiger partial charge < -0.3 is 0 Å². The van der Waals surface area contributed by atoms with Gasteiger partial charge in [-0.25, -0.2) is 0 Å². The van der Waals surface area contributed by atoms with Gasteiger partial charge in [0.15, 0.2) is 0 Å². The van der Waals surface area contributed by atoms with E-state index in [1.165, 1.54) is 18.2 Å². The number of rotatable bonds is 2. The van der Waals surface area contributed by atoms with Gasteiger partial charge in [-0.15, -0.1) is 0 Å². The van der Waals surface area contributed by atoms with Crippen LogP contribution >= 0.6 is 11.6 Å². The summed E-state index contributed by atoms with van der Waals surface area (Å²) in [7, 11) is 0. The molecule has 0 unspecified atom stereocenters. The number of non-ortho nitro benzene ring substituents is 1. The zero-order valence-corrected chi connectivity index (χ0v) is 8.77. The third-order valence-corrected chi connectivity index (χ3v) is 2.49. The maximum absolute atomic E-state index is 11.1. The summed E-state index contributed by atoms with van der Waals surface area (Å²) in [5, 5.41) is 11.3. The molecular weight excluding hydrogens is 230 g/mol. The topological polar surface area (TPSA) is 60.2 Å². The van der Waals surface area contributed by atoms with Gasteiger partial charge in [-0.3, -0.25) is 14.9 Å². The van der Waals surface area contributed by atoms with E-state index in [1.807, 2.05) is 0 Å². The van der Waals surface area contributed by atoms with Crippen molar-refractivity contribution in [2.24, 2.45) is 0 Å². The molecule has 4 nitrogen and oxygen atoms in total. The zero-order valence-electron chi connectivity index (χ0n) is 8.01. The first-order valence-electron chi connectivity index (χ1n) is 4.46. The number of nitrogens with zero attached hydrogens (tertiary/aromatic N) is 1. The highest BCUT2D eigenvalue weighted by atomic mass is 35.5. The molecule has 2 rings (SSSR count). The minimum Gasteiger partial charge on any atom is -0.276 e. The number of hydrogen-bond donors (Lipinski definition) is 0. The molecule has 2 aromatic carbocycles. The monoisotopic (exact) mass is 235 g/mol. The van der Waals surface area contributed by atoms with Crippen LogP contribution in [0.1, 0.15) is 10.4 Å². The Morgan fingerprint density at radius 2 is 2.00 bits per heavy atom. The quantitative estimate of drug-likeness (QED) is 0.456. The second kappa shape index (κ2) is 3.90. The summed E-state index contributed by atoms with van der Waals surface area (Å²) in [6.45, 7) is 0. The van der Waals surface area contributed by atoms with Crippen LogP contribution in [0.3, 0.4) is 0 Å². The predicted octanol–water partition coefficient (Wildman–Crippen LogP) is 3.13. The van der Waals surface area contributed by atoms with Crippen molar-refractivity contribution in [1.82, 2.24) is 0 Å². The summed E-state index contributed by atoms with van der Waals surface area (Å²) in [5.41, 5.74) is 0.348. The van der Waals surface area contributed by atoms with Crippen LogP contribution in [0.4, 0.5) is 5.69 Å². The largest absolute Gasteiger partial charge is 0.276 e. The molecule has 0 aliphatic carbocycles. The molecule has 5 heteroatoms. The molecule has 0 N–H and O–H groups in total. The molecule has 0 aromatic heterocycles. The minimum atomic E-state index is -0.570. The lowest BCUT2D eigenvalue weighted by Gasteiger charge is -2.01. The lowest BCUT2D eigenvalue weighted by molar-refractivity contribution is -0.384. The van der Waals surface area contributed by atoms with Crippen LogP contribution in [0.15, 0.2) is 36.4 Å². The molecule has 16 heavy (non-hydrogen) atoms. The molecule has 2 aromatic rings. The van der Waals surface area contributed by atoms with Crippen LogP contribution in [0.2, 0.25) is 0 Å².